The Labute approximate surface area is 188 Å². The molecule has 0 atom stereocenters. The van der Waals surface area contributed by atoms with Gasteiger partial charge in [-0.2, -0.15) is 0 Å². The number of nitrogens with zero attached hydrogens (tertiary/aromatic N) is 1. The molecular formula is C22H28N2O7S. The van der Waals surface area contributed by atoms with Gasteiger partial charge in [-0.3, -0.25) is 4.79 Å². The summed E-state index contributed by atoms with van der Waals surface area (Å²) in [6, 6.07) is 7.60. The second-order valence-corrected chi connectivity index (χ2v) is 8.99. The molecule has 0 saturated carbocycles. The van der Waals surface area contributed by atoms with E-state index in [-0.39, 0.29) is 22.9 Å². The van der Waals surface area contributed by atoms with Gasteiger partial charge in [0, 0.05) is 19.6 Å². The van der Waals surface area contributed by atoms with Crippen molar-refractivity contribution < 1.29 is 32.2 Å². The molecule has 0 spiro atoms. The maximum absolute atomic E-state index is 13.0. The van der Waals surface area contributed by atoms with Gasteiger partial charge >= 0.3 is 0 Å². The van der Waals surface area contributed by atoms with Gasteiger partial charge in [0.15, 0.2) is 11.5 Å². The number of amides is 1. The van der Waals surface area contributed by atoms with Crippen LogP contribution in [0.15, 0.2) is 35.2 Å². The van der Waals surface area contributed by atoms with E-state index in [0.717, 1.165) is 12.8 Å². The van der Waals surface area contributed by atoms with Gasteiger partial charge in [0.05, 0.1) is 38.9 Å². The Bertz CT molecular complexity index is 1050. The van der Waals surface area contributed by atoms with Gasteiger partial charge < -0.3 is 23.8 Å². The zero-order valence-corrected chi connectivity index (χ0v) is 19.5. The number of hydrogen-bond acceptors (Lipinski definition) is 7. The Hall–Kier alpha value is -2.98. The Balaban J connectivity index is 1.85. The van der Waals surface area contributed by atoms with Gasteiger partial charge in [0.1, 0.15) is 5.75 Å². The van der Waals surface area contributed by atoms with Crippen LogP contribution in [0.1, 0.15) is 28.8 Å². The molecule has 1 aliphatic heterocycles. The van der Waals surface area contributed by atoms with Gasteiger partial charge in [-0.1, -0.05) is 0 Å². The molecule has 174 valence electrons. The molecule has 32 heavy (non-hydrogen) atoms. The predicted octanol–water partition coefficient (Wildman–Crippen LogP) is 2.44. The molecule has 1 heterocycles. The Morgan fingerprint density at radius 3 is 2.03 bits per heavy atom. The molecule has 2 aromatic rings. The standard InChI is InChI=1S/C22H28N2O7S/c1-28-18-8-7-16(13-17(18)22(25)24-9-5-6-10-24)32(26,27)23-14-15-11-19(29-2)21(31-4)20(12-15)30-3/h7-8,11-13,23H,5-6,9-10,14H2,1-4H3. The van der Waals surface area contributed by atoms with Crippen molar-refractivity contribution in [1.82, 2.24) is 9.62 Å². The summed E-state index contributed by atoms with van der Waals surface area (Å²) in [5.74, 6) is 1.36. The molecule has 1 N–H and O–H groups in total. The fourth-order valence-corrected chi connectivity index (χ4v) is 4.65. The van der Waals surface area contributed by atoms with Crippen molar-refractivity contribution in [2.24, 2.45) is 0 Å². The maximum atomic E-state index is 13.0. The maximum Gasteiger partial charge on any atom is 0.257 e. The van der Waals surface area contributed by atoms with E-state index in [4.69, 9.17) is 18.9 Å². The van der Waals surface area contributed by atoms with E-state index in [2.05, 4.69) is 4.72 Å². The average molecular weight is 465 g/mol. The van der Waals surface area contributed by atoms with Crippen LogP contribution in [0.3, 0.4) is 0 Å². The topological polar surface area (TPSA) is 103 Å². The number of methoxy groups -OCH3 is 4. The number of carbonyl (C=O) groups excluding carboxylic acids is 1. The summed E-state index contributed by atoms with van der Waals surface area (Å²) in [6.45, 7) is 1.29. The summed E-state index contributed by atoms with van der Waals surface area (Å²) in [7, 11) is 2.01. The highest BCUT2D eigenvalue weighted by molar-refractivity contribution is 7.89. The van der Waals surface area contributed by atoms with Crippen LogP contribution in [0.25, 0.3) is 0 Å². The van der Waals surface area contributed by atoms with Gasteiger partial charge in [-0.25, -0.2) is 13.1 Å². The number of sulfonamides is 1. The van der Waals surface area contributed by atoms with E-state index >= 15 is 0 Å². The minimum atomic E-state index is -3.91. The molecule has 0 radical (unpaired) electrons. The van der Waals surface area contributed by atoms with Crippen LogP contribution in [0.4, 0.5) is 0 Å². The highest BCUT2D eigenvalue weighted by Gasteiger charge is 2.25. The van der Waals surface area contributed by atoms with Crippen LogP contribution >= 0.6 is 0 Å². The third-order valence-electron chi connectivity index (χ3n) is 5.30. The van der Waals surface area contributed by atoms with E-state index < -0.39 is 10.0 Å². The Morgan fingerprint density at radius 1 is 0.906 bits per heavy atom. The lowest BCUT2D eigenvalue weighted by Gasteiger charge is -2.18. The van der Waals surface area contributed by atoms with Crippen molar-refractivity contribution in [2.75, 3.05) is 41.5 Å². The predicted molar refractivity (Wildman–Crippen MR) is 118 cm³/mol. The van der Waals surface area contributed by atoms with Crippen molar-refractivity contribution in [3.05, 3.63) is 41.5 Å². The van der Waals surface area contributed by atoms with E-state index in [1.807, 2.05) is 0 Å². The third kappa shape index (κ3) is 4.91. The molecule has 10 heteroatoms. The number of likely N-dealkylation sites (tertiary alicyclic amines) is 1. The minimum absolute atomic E-state index is 0.0134. The fourth-order valence-electron chi connectivity index (χ4n) is 3.61. The van der Waals surface area contributed by atoms with Crippen molar-refractivity contribution in [2.45, 2.75) is 24.3 Å². The lowest BCUT2D eigenvalue weighted by molar-refractivity contribution is 0.0789. The van der Waals surface area contributed by atoms with Gasteiger partial charge in [0.2, 0.25) is 15.8 Å². The number of nitrogens with one attached hydrogen (secondary N) is 1. The van der Waals surface area contributed by atoms with Gasteiger partial charge in [-0.15, -0.1) is 0 Å². The molecule has 0 aromatic heterocycles. The number of ether oxygens (including phenoxy) is 4. The van der Waals surface area contributed by atoms with Crippen molar-refractivity contribution >= 4 is 15.9 Å². The van der Waals surface area contributed by atoms with Gasteiger partial charge in [-0.05, 0) is 48.7 Å². The van der Waals surface area contributed by atoms with Crippen molar-refractivity contribution in [3.8, 4) is 23.0 Å². The van der Waals surface area contributed by atoms with E-state index in [9.17, 15) is 13.2 Å². The van der Waals surface area contributed by atoms with Crippen LogP contribution < -0.4 is 23.7 Å². The monoisotopic (exact) mass is 464 g/mol. The first-order valence-electron chi connectivity index (χ1n) is 10.1. The second kappa shape index (κ2) is 10.1. The molecule has 9 nitrogen and oxygen atoms in total. The number of hydrogen-bond donors (Lipinski definition) is 1. The minimum Gasteiger partial charge on any atom is -0.496 e. The van der Waals surface area contributed by atoms with Crippen LogP contribution in [0, 0.1) is 0 Å². The largest absolute Gasteiger partial charge is 0.496 e. The van der Waals surface area contributed by atoms with Crippen LogP contribution in [-0.4, -0.2) is 60.8 Å². The first-order valence-corrected chi connectivity index (χ1v) is 11.6. The Kier molecular flexibility index (Phi) is 7.47. The molecule has 2 aromatic carbocycles. The summed E-state index contributed by atoms with van der Waals surface area (Å²) in [5.41, 5.74) is 0.843. The van der Waals surface area contributed by atoms with Crippen LogP contribution in [-0.2, 0) is 16.6 Å². The molecule has 1 saturated heterocycles. The smallest absolute Gasteiger partial charge is 0.257 e. The van der Waals surface area contributed by atoms with Gasteiger partial charge in [0.25, 0.3) is 5.91 Å². The summed E-state index contributed by atoms with van der Waals surface area (Å²) in [4.78, 5) is 14.6. The quantitative estimate of drug-likeness (QED) is 0.608. The molecular weight excluding hydrogens is 436 g/mol. The van der Waals surface area contributed by atoms with E-state index in [0.29, 0.717) is 41.7 Å². The lowest BCUT2D eigenvalue weighted by atomic mass is 10.1. The third-order valence-corrected chi connectivity index (χ3v) is 6.69. The molecule has 1 aliphatic rings. The lowest BCUT2D eigenvalue weighted by Crippen LogP contribution is -2.29. The SMILES string of the molecule is COc1ccc(S(=O)(=O)NCc2cc(OC)c(OC)c(OC)c2)cc1C(=O)N1CCCC1. The summed E-state index contributed by atoms with van der Waals surface area (Å²) in [5, 5.41) is 0. The van der Waals surface area contributed by atoms with Crippen molar-refractivity contribution in [1.29, 1.82) is 0 Å². The number of carbonyl (C=O) groups is 1. The zero-order valence-electron chi connectivity index (χ0n) is 18.6. The molecule has 0 unspecified atom stereocenters. The van der Waals surface area contributed by atoms with Crippen LogP contribution in [0.5, 0.6) is 23.0 Å². The first kappa shape index (κ1) is 23.7. The molecule has 0 aliphatic carbocycles. The average Bonchev–Trinajstić information content (AvgIpc) is 3.36. The summed E-state index contributed by atoms with van der Waals surface area (Å²) in [6.07, 6.45) is 1.87. The summed E-state index contributed by atoms with van der Waals surface area (Å²) < 4.78 is 49.7. The van der Waals surface area contributed by atoms with Crippen LogP contribution in [0.2, 0.25) is 0 Å². The first-order chi connectivity index (χ1) is 15.3. The molecule has 3 rings (SSSR count). The highest BCUT2D eigenvalue weighted by atomic mass is 32.2. The fraction of sp³-hybridized carbons (Fsp3) is 0.409. The molecule has 1 fully saturated rings. The number of benzene rings is 2. The summed E-state index contributed by atoms with van der Waals surface area (Å²) >= 11 is 0. The number of rotatable bonds is 9. The van der Waals surface area contributed by atoms with Crippen molar-refractivity contribution in [3.63, 3.8) is 0 Å². The Morgan fingerprint density at radius 2 is 1.50 bits per heavy atom. The highest BCUT2D eigenvalue weighted by Crippen LogP contribution is 2.38. The van der Waals surface area contributed by atoms with E-state index in [1.54, 1.807) is 17.0 Å². The zero-order chi connectivity index (χ0) is 23.3. The molecule has 0 bridgehead atoms. The second-order valence-electron chi connectivity index (χ2n) is 7.22. The molecule has 1 amide bonds. The normalized spacial score (nSPS) is 13.7. The van der Waals surface area contributed by atoms with E-state index in [1.165, 1.54) is 46.6 Å².